The number of hydrogen-bond acceptors (Lipinski definition) is 5. The molecule has 0 bridgehead atoms. The maximum atomic E-state index is 12.8. The van der Waals surface area contributed by atoms with E-state index in [0.717, 1.165) is 31.8 Å². The van der Waals surface area contributed by atoms with E-state index in [9.17, 15) is 9.18 Å². The van der Waals surface area contributed by atoms with Crippen molar-refractivity contribution in [1.82, 2.24) is 19.9 Å². The third-order valence-corrected chi connectivity index (χ3v) is 4.81. The molecule has 1 atom stereocenters. The number of aromatic nitrogens is 2. The third kappa shape index (κ3) is 3.71. The molecular formula is C16H25FN4O2. The van der Waals surface area contributed by atoms with Gasteiger partial charge in [0.2, 0.25) is 11.8 Å². The van der Waals surface area contributed by atoms with Gasteiger partial charge in [0.15, 0.2) is 5.82 Å². The van der Waals surface area contributed by atoms with Crippen LogP contribution in [0, 0.1) is 5.92 Å². The lowest BCUT2D eigenvalue weighted by Crippen LogP contribution is -2.45. The van der Waals surface area contributed by atoms with Gasteiger partial charge < -0.3 is 9.42 Å². The molecule has 0 radical (unpaired) electrons. The average molecular weight is 324 g/mol. The highest BCUT2D eigenvalue weighted by Crippen LogP contribution is 2.26. The molecule has 1 amide bonds. The molecule has 2 saturated heterocycles. The van der Waals surface area contributed by atoms with Crippen molar-refractivity contribution in [2.75, 3.05) is 26.3 Å². The molecule has 0 N–H and O–H groups in total. The predicted molar refractivity (Wildman–Crippen MR) is 82.5 cm³/mol. The molecular weight excluding hydrogens is 299 g/mol. The van der Waals surface area contributed by atoms with E-state index in [2.05, 4.69) is 15.0 Å². The third-order valence-electron chi connectivity index (χ3n) is 4.81. The smallest absolute Gasteiger partial charge is 0.240 e. The van der Waals surface area contributed by atoms with E-state index in [1.165, 1.54) is 0 Å². The zero-order valence-corrected chi connectivity index (χ0v) is 13.9. The lowest BCUT2D eigenvalue weighted by Gasteiger charge is -2.36. The fourth-order valence-electron chi connectivity index (χ4n) is 3.41. The Bertz CT molecular complexity index is 540. The minimum Gasteiger partial charge on any atom is -0.339 e. The first-order valence-electron chi connectivity index (χ1n) is 8.47. The topological polar surface area (TPSA) is 62.5 Å². The Balaban J connectivity index is 1.49. The molecule has 3 heterocycles. The van der Waals surface area contributed by atoms with Gasteiger partial charge in [0, 0.05) is 43.9 Å². The number of alkyl halides is 1. The van der Waals surface area contributed by atoms with Gasteiger partial charge in [0.1, 0.15) is 0 Å². The minimum absolute atomic E-state index is 0.103. The monoisotopic (exact) mass is 324 g/mol. The number of carbonyl (C=O) groups is 1. The Morgan fingerprint density at radius 1 is 1.35 bits per heavy atom. The number of amides is 1. The number of piperidine rings is 1. The molecule has 1 aromatic heterocycles. The van der Waals surface area contributed by atoms with Crippen molar-refractivity contribution in [3.63, 3.8) is 0 Å². The quantitative estimate of drug-likeness (QED) is 0.829. The number of rotatable bonds is 5. The second kappa shape index (κ2) is 6.95. The van der Waals surface area contributed by atoms with Gasteiger partial charge in [-0.2, -0.15) is 4.98 Å². The molecule has 2 aliphatic heterocycles. The molecule has 0 aromatic carbocycles. The van der Waals surface area contributed by atoms with Crippen LogP contribution in [0.25, 0.3) is 0 Å². The van der Waals surface area contributed by atoms with Crippen LogP contribution in [0.4, 0.5) is 4.39 Å². The van der Waals surface area contributed by atoms with Crippen molar-refractivity contribution in [3.05, 3.63) is 11.7 Å². The number of carbonyl (C=O) groups excluding carboxylic acids is 1. The van der Waals surface area contributed by atoms with Crippen molar-refractivity contribution < 1.29 is 13.7 Å². The Morgan fingerprint density at radius 2 is 2.09 bits per heavy atom. The summed E-state index contributed by atoms with van der Waals surface area (Å²) in [5.74, 6) is 1.68. The molecule has 1 aromatic rings. The Labute approximate surface area is 136 Å². The summed E-state index contributed by atoms with van der Waals surface area (Å²) in [7, 11) is 0. The number of likely N-dealkylation sites (tertiary alicyclic amines) is 2. The highest BCUT2D eigenvalue weighted by molar-refractivity contribution is 5.79. The van der Waals surface area contributed by atoms with Crippen molar-refractivity contribution in [2.24, 2.45) is 5.92 Å². The first kappa shape index (κ1) is 16.4. The molecule has 0 spiro atoms. The first-order chi connectivity index (χ1) is 11.1. The molecule has 2 aliphatic rings. The molecule has 0 aliphatic carbocycles. The maximum Gasteiger partial charge on any atom is 0.240 e. The van der Waals surface area contributed by atoms with E-state index in [0.29, 0.717) is 25.4 Å². The summed E-state index contributed by atoms with van der Waals surface area (Å²) < 4.78 is 18.1. The van der Waals surface area contributed by atoms with Gasteiger partial charge in [-0.3, -0.25) is 14.1 Å². The van der Waals surface area contributed by atoms with Gasteiger partial charge in [-0.05, 0) is 12.8 Å². The van der Waals surface area contributed by atoms with E-state index in [4.69, 9.17) is 4.52 Å². The highest BCUT2D eigenvalue weighted by Gasteiger charge is 2.35. The lowest BCUT2D eigenvalue weighted by atomic mass is 10.0. The number of halogens is 1. The van der Waals surface area contributed by atoms with Crippen LogP contribution in [0.5, 0.6) is 0 Å². The summed E-state index contributed by atoms with van der Waals surface area (Å²) in [5.41, 5.74) is 0. The minimum atomic E-state index is -0.392. The summed E-state index contributed by atoms with van der Waals surface area (Å²) in [6.07, 6.45) is 2.22. The summed E-state index contributed by atoms with van der Waals surface area (Å²) >= 11 is 0. The van der Waals surface area contributed by atoms with Gasteiger partial charge in [-0.25, -0.2) is 0 Å². The highest BCUT2D eigenvalue weighted by atomic mass is 19.1. The van der Waals surface area contributed by atoms with Gasteiger partial charge in [0.25, 0.3) is 0 Å². The second-order valence-electron chi connectivity index (χ2n) is 6.98. The standard InChI is InChI=1S/C16H25FN4O2/c1-11(2)16-18-14(23-19-16)10-20-5-3-13(4-6-20)21-9-12(8-17)7-15(21)22/h11-13H,3-10H2,1-2H3. The van der Waals surface area contributed by atoms with Crippen LogP contribution in [0.15, 0.2) is 4.52 Å². The zero-order chi connectivity index (χ0) is 16.4. The molecule has 3 rings (SSSR count). The molecule has 128 valence electrons. The van der Waals surface area contributed by atoms with Crippen molar-refractivity contribution in [2.45, 2.75) is 51.6 Å². The summed E-state index contributed by atoms with van der Waals surface area (Å²) in [5, 5.41) is 3.99. The molecule has 0 saturated carbocycles. The lowest BCUT2D eigenvalue weighted by molar-refractivity contribution is -0.130. The van der Waals surface area contributed by atoms with E-state index in [1.807, 2.05) is 18.7 Å². The second-order valence-corrected chi connectivity index (χ2v) is 6.98. The fraction of sp³-hybridized carbons (Fsp3) is 0.812. The van der Waals surface area contributed by atoms with Crippen LogP contribution in [0.3, 0.4) is 0 Å². The van der Waals surface area contributed by atoms with Crippen LogP contribution < -0.4 is 0 Å². The Morgan fingerprint density at radius 3 is 2.65 bits per heavy atom. The van der Waals surface area contributed by atoms with E-state index >= 15 is 0 Å². The molecule has 2 fully saturated rings. The Kier molecular flexibility index (Phi) is 4.94. The van der Waals surface area contributed by atoms with Crippen LogP contribution in [0.1, 0.15) is 50.7 Å². The van der Waals surface area contributed by atoms with Crippen LogP contribution in [0.2, 0.25) is 0 Å². The van der Waals surface area contributed by atoms with E-state index in [-0.39, 0.29) is 23.8 Å². The van der Waals surface area contributed by atoms with Crippen LogP contribution >= 0.6 is 0 Å². The van der Waals surface area contributed by atoms with E-state index < -0.39 is 6.67 Å². The van der Waals surface area contributed by atoms with Gasteiger partial charge in [0.05, 0.1) is 13.2 Å². The molecule has 23 heavy (non-hydrogen) atoms. The van der Waals surface area contributed by atoms with Gasteiger partial charge in [-0.15, -0.1) is 0 Å². The maximum absolute atomic E-state index is 12.8. The molecule has 7 heteroatoms. The number of nitrogens with zero attached hydrogens (tertiary/aromatic N) is 4. The zero-order valence-electron chi connectivity index (χ0n) is 13.9. The van der Waals surface area contributed by atoms with Crippen molar-refractivity contribution in [3.8, 4) is 0 Å². The Hall–Kier alpha value is -1.50. The van der Waals surface area contributed by atoms with Crippen LogP contribution in [-0.2, 0) is 11.3 Å². The summed E-state index contributed by atoms with van der Waals surface area (Å²) in [6.45, 7) is 6.73. The molecule has 6 nitrogen and oxygen atoms in total. The fourth-order valence-corrected chi connectivity index (χ4v) is 3.41. The van der Waals surface area contributed by atoms with Crippen molar-refractivity contribution >= 4 is 5.91 Å². The SMILES string of the molecule is CC(C)c1noc(CN2CCC(N3CC(CF)CC3=O)CC2)n1. The van der Waals surface area contributed by atoms with Gasteiger partial charge >= 0.3 is 0 Å². The van der Waals surface area contributed by atoms with Gasteiger partial charge in [-0.1, -0.05) is 19.0 Å². The molecule has 1 unspecified atom stereocenters. The predicted octanol–water partition coefficient (Wildman–Crippen LogP) is 1.98. The normalized spacial score (nSPS) is 24.1. The average Bonchev–Trinajstić information content (AvgIpc) is 3.15. The first-order valence-corrected chi connectivity index (χ1v) is 8.47. The van der Waals surface area contributed by atoms with Crippen molar-refractivity contribution in [1.29, 1.82) is 0 Å². The largest absolute Gasteiger partial charge is 0.339 e. The summed E-state index contributed by atoms with van der Waals surface area (Å²) in [4.78, 5) is 20.6. The summed E-state index contributed by atoms with van der Waals surface area (Å²) in [6, 6.07) is 0.254. The van der Waals surface area contributed by atoms with Crippen LogP contribution in [-0.4, -0.2) is 58.2 Å². The van der Waals surface area contributed by atoms with E-state index in [1.54, 1.807) is 0 Å². The number of hydrogen-bond donors (Lipinski definition) is 0.